The summed E-state index contributed by atoms with van der Waals surface area (Å²) in [6, 6.07) is 13.7. The number of nitrogens with zero attached hydrogens (tertiary/aromatic N) is 2. The summed E-state index contributed by atoms with van der Waals surface area (Å²) in [6.45, 7) is 2.33. The van der Waals surface area contributed by atoms with Gasteiger partial charge in [-0.25, -0.2) is 0 Å². The molecule has 3 aromatic rings. The molecule has 1 aliphatic heterocycles. The van der Waals surface area contributed by atoms with Gasteiger partial charge in [-0.15, -0.1) is 0 Å². The van der Waals surface area contributed by atoms with Crippen LogP contribution in [0, 0.1) is 0 Å². The maximum absolute atomic E-state index is 12.6. The molecule has 6 heteroatoms. The van der Waals surface area contributed by atoms with E-state index in [4.69, 9.17) is 4.74 Å². The molecule has 28 heavy (non-hydrogen) atoms. The molecule has 1 aliphatic rings. The van der Waals surface area contributed by atoms with Crippen LogP contribution < -0.4 is 10.2 Å². The van der Waals surface area contributed by atoms with Crippen LogP contribution in [-0.2, 0) is 11.3 Å². The van der Waals surface area contributed by atoms with Gasteiger partial charge in [0.2, 0.25) is 0 Å². The highest BCUT2D eigenvalue weighted by molar-refractivity contribution is 7.08. The van der Waals surface area contributed by atoms with E-state index in [9.17, 15) is 4.79 Å². The Labute approximate surface area is 169 Å². The average molecular weight is 394 g/mol. The number of benzene rings is 1. The lowest BCUT2D eigenvalue weighted by molar-refractivity contribution is 0.0951. The van der Waals surface area contributed by atoms with Crippen LogP contribution in [0.25, 0.3) is 11.3 Å². The Balaban J connectivity index is 1.40. The highest BCUT2D eigenvalue weighted by atomic mass is 32.1. The molecule has 2 aromatic heterocycles. The first kappa shape index (κ1) is 18.7. The lowest BCUT2D eigenvalue weighted by Crippen LogP contribution is -2.24. The van der Waals surface area contributed by atoms with Crippen LogP contribution in [0.1, 0.15) is 22.3 Å². The molecular weight excluding hydrogens is 370 g/mol. The predicted molar refractivity (Wildman–Crippen MR) is 113 cm³/mol. The Hall–Kier alpha value is -2.70. The van der Waals surface area contributed by atoms with Crippen molar-refractivity contribution in [2.45, 2.75) is 19.1 Å². The molecule has 0 radical (unpaired) electrons. The van der Waals surface area contributed by atoms with E-state index in [0.717, 1.165) is 42.0 Å². The second kappa shape index (κ2) is 8.54. The maximum atomic E-state index is 12.6. The van der Waals surface area contributed by atoms with Gasteiger partial charge in [-0.2, -0.15) is 11.3 Å². The number of carbonyl (C=O) groups excluding carboxylic acids is 1. The standard InChI is InChI=1S/C22H23N3O2S/c1-27-20-8-11-25(14-20)19-6-4-16(5-7-19)22(26)24-13-17-3-2-10-23-21(17)18-9-12-28-15-18/h2-7,9-10,12,15,20H,8,11,13-14H2,1H3,(H,24,26)/t20-/m0/s1. The molecular formula is C22H23N3O2S. The molecule has 0 unspecified atom stereocenters. The second-order valence-corrected chi connectivity index (χ2v) is 7.63. The summed E-state index contributed by atoms with van der Waals surface area (Å²) < 4.78 is 5.42. The minimum Gasteiger partial charge on any atom is -0.380 e. The summed E-state index contributed by atoms with van der Waals surface area (Å²) in [6.07, 6.45) is 3.11. The Morgan fingerprint density at radius 1 is 1.29 bits per heavy atom. The van der Waals surface area contributed by atoms with Crippen LogP contribution in [0.2, 0.25) is 0 Å². The molecule has 1 saturated heterocycles. The van der Waals surface area contributed by atoms with Gasteiger partial charge in [-0.3, -0.25) is 9.78 Å². The van der Waals surface area contributed by atoms with Crippen molar-refractivity contribution in [2.24, 2.45) is 0 Å². The van der Waals surface area contributed by atoms with Gasteiger partial charge >= 0.3 is 0 Å². The summed E-state index contributed by atoms with van der Waals surface area (Å²) in [7, 11) is 1.76. The Morgan fingerprint density at radius 3 is 2.86 bits per heavy atom. The normalized spacial score (nSPS) is 16.3. The number of hydrogen-bond donors (Lipinski definition) is 1. The molecule has 5 nitrogen and oxygen atoms in total. The van der Waals surface area contributed by atoms with Crippen LogP contribution >= 0.6 is 11.3 Å². The van der Waals surface area contributed by atoms with Crippen molar-refractivity contribution in [1.82, 2.24) is 10.3 Å². The molecule has 1 amide bonds. The van der Waals surface area contributed by atoms with Crippen LogP contribution in [0.3, 0.4) is 0 Å². The summed E-state index contributed by atoms with van der Waals surface area (Å²) in [5, 5.41) is 7.11. The molecule has 0 saturated carbocycles. The number of pyridine rings is 1. The van der Waals surface area contributed by atoms with Crippen LogP contribution in [0.15, 0.2) is 59.4 Å². The molecule has 0 spiro atoms. The number of amides is 1. The van der Waals surface area contributed by atoms with Gasteiger partial charge in [0.1, 0.15) is 0 Å². The van der Waals surface area contributed by atoms with Gasteiger partial charge in [0.05, 0.1) is 11.8 Å². The Bertz CT molecular complexity index is 925. The summed E-state index contributed by atoms with van der Waals surface area (Å²) >= 11 is 1.64. The zero-order valence-corrected chi connectivity index (χ0v) is 16.6. The number of thiophene rings is 1. The number of carbonyl (C=O) groups is 1. The van der Waals surface area contributed by atoms with Crippen LogP contribution in [0.4, 0.5) is 5.69 Å². The summed E-state index contributed by atoms with van der Waals surface area (Å²) in [4.78, 5) is 19.4. The van der Waals surface area contributed by atoms with Crippen molar-refractivity contribution in [3.8, 4) is 11.3 Å². The number of hydrogen-bond acceptors (Lipinski definition) is 5. The first-order chi connectivity index (χ1) is 13.7. The molecule has 3 heterocycles. The first-order valence-corrected chi connectivity index (χ1v) is 10.3. The number of aromatic nitrogens is 1. The topological polar surface area (TPSA) is 54.5 Å². The molecule has 4 rings (SSSR count). The van der Waals surface area contributed by atoms with E-state index in [0.29, 0.717) is 18.2 Å². The summed E-state index contributed by atoms with van der Waals surface area (Å²) in [5.74, 6) is -0.0807. The second-order valence-electron chi connectivity index (χ2n) is 6.85. The Kier molecular flexibility index (Phi) is 5.69. The fraction of sp³-hybridized carbons (Fsp3) is 0.273. The van der Waals surface area contributed by atoms with Crippen molar-refractivity contribution in [3.63, 3.8) is 0 Å². The molecule has 1 N–H and O–H groups in total. The van der Waals surface area contributed by atoms with E-state index >= 15 is 0 Å². The van der Waals surface area contributed by atoms with Gasteiger partial charge in [0.15, 0.2) is 0 Å². The minimum atomic E-state index is -0.0807. The van der Waals surface area contributed by atoms with Gasteiger partial charge in [-0.05, 0) is 53.8 Å². The van der Waals surface area contributed by atoms with Crippen molar-refractivity contribution in [1.29, 1.82) is 0 Å². The molecule has 0 bridgehead atoms. The average Bonchev–Trinajstić information content (AvgIpc) is 3.44. The third-order valence-electron chi connectivity index (χ3n) is 5.10. The molecule has 1 fully saturated rings. The summed E-state index contributed by atoms with van der Waals surface area (Å²) in [5.41, 5.74) is 4.80. The van der Waals surface area contributed by atoms with E-state index in [1.807, 2.05) is 47.8 Å². The number of rotatable bonds is 6. The predicted octanol–water partition coefficient (Wildman–Crippen LogP) is 3.97. The van der Waals surface area contributed by atoms with E-state index in [-0.39, 0.29) is 5.91 Å². The fourth-order valence-electron chi connectivity index (χ4n) is 3.50. The van der Waals surface area contributed by atoms with Crippen LogP contribution in [0.5, 0.6) is 0 Å². The first-order valence-electron chi connectivity index (χ1n) is 9.37. The number of methoxy groups -OCH3 is 1. The van der Waals surface area contributed by atoms with Gasteiger partial charge in [0, 0.05) is 55.1 Å². The quantitative estimate of drug-likeness (QED) is 0.689. The van der Waals surface area contributed by atoms with Crippen molar-refractivity contribution < 1.29 is 9.53 Å². The van der Waals surface area contributed by atoms with Crippen LogP contribution in [-0.4, -0.2) is 37.2 Å². The van der Waals surface area contributed by atoms with Crippen molar-refractivity contribution >= 4 is 22.9 Å². The molecule has 1 aromatic carbocycles. The number of anilines is 1. The third kappa shape index (κ3) is 4.08. The molecule has 144 valence electrons. The number of ether oxygens (including phenoxy) is 1. The van der Waals surface area contributed by atoms with Gasteiger partial charge in [-0.1, -0.05) is 6.07 Å². The van der Waals surface area contributed by atoms with E-state index < -0.39 is 0 Å². The smallest absolute Gasteiger partial charge is 0.251 e. The lowest BCUT2D eigenvalue weighted by Gasteiger charge is -2.18. The highest BCUT2D eigenvalue weighted by Gasteiger charge is 2.22. The Morgan fingerprint density at radius 2 is 2.14 bits per heavy atom. The van der Waals surface area contributed by atoms with E-state index in [1.54, 1.807) is 24.6 Å². The minimum absolute atomic E-state index is 0.0807. The van der Waals surface area contributed by atoms with Crippen molar-refractivity contribution in [2.75, 3.05) is 25.1 Å². The zero-order valence-electron chi connectivity index (χ0n) is 15.8. The molecule has 1 atom stereocenters. The van der Waals surface area contributed by atoms with E-state index in [1.165, 1.54) is 0 Å². The number of nitrogens with one attached hydrogen (secondary N) is 1. The zero-order chi connectivity index (χ0) is 19.3. The SMILES string of the molecule is CO[C@H]1CCN(c2ccc(C(=O)NCc3cccnc3-c3ccsc3)cc2)C1. The molecule has 0 aliphatic carbocycles. The fourth-order valence-corrected chi connectivity index (χ4v) is 4.14. The lowest BCUT2D eigenvalue weighted by atomic mass is 10.1. The van der Waals surface area contributed by atoms with Gasteiger partial charge < -0.3 is 15.0 Å². The largest absolute Gasteiger partial charge is 0.380 e. The van der Waals surface area contributed by atoms with E-state index in [2.05, 4.69) is 20.6 Å². The third-order valence-corrected chi connectivity index (χ3v) is 5.78. The maximum Gasteiger partial charge on any atom is 0.251 e. The monoisotopic (exact) mass is 393 g/mol. The highest BCUT2D eigenvalue weighted by Crippen LogP contribution is 2.24. The van der Waals surface area contributed by atoms with Crippen molar-refractivity contribution in [3.05, 3.63) is 70.5 Å². The van der Waals surface area contributed by atoms with Gasteiger partial charge in [0.25, 0.3) is 5.91 Å².